The molecule has 154 valence electrons. The van der Waals surface area contributed by atoms with Crippen LogP contribution in [0.3, 0.4) is 0 Å². The van der Waals surface area contributed by atoms with Gasteiger partial charge in [-0.1, -0.05) is 36.4 Å². The van der Waals surface area contributed by atoms with E-state index in [-0.39, 0.29) is 17.1 Å². The molecule has 0 fully saturated rings. The lowest BCUT2D eigenvalue weighted by Gasteiger charge is -2.05. The minimum atomic E-state index is -0.559. The Bertz CT molecular complexity index is 1300. The van der Waals surface area contributed by atoms with E-state index in [1.165, 1.54) is 42.6 Å². The molecular weight excluding hydrogens is 399 g/mol. The van der Waals surface area contributed by atoms with Gasteiger partial charge in [-0.05, 0) is 29.8 Å². The van der Waals surface area contributed by atoms with Crippen molar-refractivity contribution in [1.82, 2.24) is 9.99 Å². The highest BCUT2D eigenvalue weighted by Gasteiger charge is 2.11. The zero-order valence-electron chi connectivity index (χ0n) is 16.2. The molecule has 0 aliphatic rings. The Labute approximate surface area is 176 Å². The third-order valence-corrected chi connectivity index (χ3v) is 4.77. The van der Waals surface area contributed by atoms with Crippen LogP contribution in [0.4, 0.5) is 10.1 Å². The van der Waals surface area contributed by atoms with Crippen molar-refractivity contribution in [3.63, 3.8) is 0 Å². The first kappa shape index (κ1) is 20.0. The summed E-state index contributed by atoms with van der Waals surface area (Å²) in [5.41, 5.74) is 5.09. The number of para-hydroxylation sites is 1. The maximum atomic E-state index is 13.2. The summed E-state index contributed by atoms with van der Waals surface area (Å²) in [6, 6.07) is 19.5. The molecule has 1 amide bonds. The molecule has 0 saturated heterocycles. The maximum Gasteiger partial charge on any atom is 0.271 e. The molecule has 0 bridgehead atoms. The summed E-state index contributed by atoms with van der Waals surface area (Å²) in [6.07, 6.45) is 3.43. The Balaban J connectivity index is 1.55. The number of fused-ring (bicyclic) bond motifs is 1. The van der Waals surface area contributed by atoms with Gasteiger partial charge in [0.15, 0.2) is 0 Å². The molecule has 1 heterocycles. The van der Waals surface area contributed by atoms with Crippen molar-refractivity contribution in [2.45, 2.75) is 6.54 Å². The van der Waals surface area contributed by atoms with Gasteiger partial charge in [-0.15, -0.1) is 0 Å². The van der Waals surface area contributed by atoms with Gasteiger partial charge < -0.3 is 4.57 Å². The van der Waals surface area contributed by atoms with E-state index in [4.69, 9.17) is 0 Å². The fourth-order valence-corrected chi connectivity index (χ4v) is 3.28. The number of rotatable bonds is 6. The highest BCUT2D eigenvalue weighted by Crippen LogP contribution is 2.21. The number of halogens is 1. The summed E-state index contributed by atoms with van der Waals surface area (Å²) in [6.45, 7) is 0.550. The van der Waals surface area contributed by atoms with E-state index in [1.807, 2.05) is 35.0 Å². The van der Waals surface area contributed by atoms with Crippen LogP contribution in [-0.4, -0.2) is 21.6 Å². The number of amides is 1. The topological polar surface area (TPSA) is 89.5 Å². The molecule has 1 aromatic heterocycles. The Morgan fingerprint density at radius 2 is 1.87 bits per heavy atom. The second kappa shape index (κ2) is 8.58. The average Bonchev–Trinajstić information content (AvgIpc) is 3.13. The van der Waals surface area contributed by atoms with E-state index in [9.17, 15) is 19.3 Å². The highest BCUT2D eigenvalue weighted by molar-refractivity contribution is 6.00. The van der Waals surface area contributed by atoms with Gasteiger partial charge in [-0.2, -0.15) is 5.10 Å². The van der Waals surface area contributed by atoms with Crippen LogP contribution in [0.5, 0.6) is 0 Å². The van der Waals surface area contributed by atoms with Crippen LogP contribution < -0.4 is 5.43 Å². The Kier molecular flexibility index (Phi) is 5.53. The van der Waals surface area contributed by atoms with E-state index in [1.54, 1.807) is 12.1 Å². The monoisotopic (exact) mass is 416 g/mol. The first-order valence-corrected chi connectivity index (χ1v) is 9.41. The third-order valence-electron chi connectivity index (χ3n) is 4.77. The second-order valence-electron chi connectivity index (χ2n) is 6.86. The first-order valence-electron chi connectivity index (χ1n) is 9.41. The van der Waals surface area contributed by atoms with Crippen LogP contribution in [0, 0.1) is 15.9 Å². The molecule has 0 atom stereocenters. The van der Waals surface area contributed by atoms with Crippen molar-refractivity contribution < 1.29 is 14.1 Å². The van der Waals surface area contributed by atoms with Crippen molar-refractivity contribution in [3.05, 3.63) is 112 Å². The largest absolute Gasteiger partial charge is 0.342 e. The minimum absolute atomic E-state index is 0.144. The number of carbonyl (C=O) groups excluding carboxylic acids is 1. The van der Waals surface area contributed by atoms with Crippen molar-refractivity contribution in [3.8, 4) is 0 Å². The van der Waals surface area contributed by atoms with Crippen LogP contribution in [-0.2, 0) is 6.54 Å². The van der Waals surface area contributed by atoms with Gasteiger partial charge in [0.05, 0.1) is 11.1 Å². The van der Waals surface area contributed by atoms with Crippen molar-refractivity contribution in [2.24, 2.45) is 5.10 Å². The number of nitro benzene ring substituents is 1. The summed E-state index contributed by atoms with van der Waals surface area (Å²) in [5.74, 6) is -0.830. The van der Waals surface area contributed by atoms with Gasteiger partial charge in [0.2, 0.25) is 0 Å². The standard InChI is InChI=1S/C23H17FN4O3/c24-19-10-8-16(9-11-19)14-27-15-18(21-6-1-2-7-22(21)27)13-25-26-23(29)17-4-3-5-20(12-17)28(30)31/h1-13,15H,14H2,(H,26,29)/b25-13-. The molecule has 8 heteroatoms. The molecule has 7 nitrogen and oxygen atoms in total. The number of hydrogen-bond acceptors (Lipinski definition) is 4. The quantitative estimate of drug-likeness (QED) is 0.285. The Hall–Kier alpha value is -4.33. The molecule has 0 saturated carbocycles. The molecule has 31 heavy (non-hydrogen) atoms. The Morgan fingerprint density at radius 3 is 2.65 bits per heavy atom. The number of non-ortho nitro benzene ring substituents is 1. The zero-order valence-corrected chi connectivity index (χ0v) is 16.2. The second-order valence-corrected chi connectivity index (χ2v) is 6.86. The summed E-state index contributed by atoms with van der Waals surface area (Å²) >= 11 is 0. The van der Waals surface area contributed by atoms with E-state index in [0.717, 1.165) is 22.0 Å². The number of nitro groups is 1. The van der Waals surface area contributed by atoms with Crippen LogP contribution in [0.2, 0.25) is 0 Å². The molecule has 3 aromatic carbocycles. The molecular formula is C23H17FN4O3. The molecule has 0 spiro atoms. The number of nitrogens with zero attached hydrogens (tertiary/aromatic N) is 3. The lowest BCUT2D eigenvalue weighted by Crippen LogP contribution is -2.17. The van der Waals surface area contributed by atoms with Crippen molar-refractivity contribution in [1.29, 1.82) is 0 Å². The number of benzene rings is 3. The van der Waals surface area contributed by atoms with Gasteiger partial charge in [0.25, 0.3) is 11.6 Å². The Morgan fingerprint density at radius 1 is 1.10 bits per heavy atom. The number of hydrazone groups is 1. The lowest BCUT2D eigenvalue weighted by molar-refractivity contribution is -0.384. The summed E-state index contributed by atoms with van der Waals surface area (Å²) < 4.78 is 15.2. The van der Waals surface area contributed by atoms with Crippen LogP contribution in [0.1, 0.15) is 21.5 Å². The molecule has 0 unspecified atom stereocenters. The molecule has 4 rings (SSSR count). The fourth-order valence-electron chi connectivity index (χ4n) is 3.28. The lowest BCUT2D eigenvalue weighted by atomic mass is 10.2. The third kappa shape index (κ3) is 4.48. The molecule has 0 radical (unpaired) electrons. The van der Waals surface area contributed by atoms with Crippen LogP contribution in [0.15, 0.2) is 84.1 Å². The van der Waals surface area contributed by atoms with E-state index >= 15 is 0 Å². The van der Waals surface area contributed by atoms with E-state index < -0.39 is 10.8 Å². The molecule has 1 N–H and O–H groups in total. The summed E-state index contributed by atoms with van der Waals surface area (Å²) in [5, 5.41) is 15.8. The van der Waals surface area contributed by atoms with Gasteiger partial charge in [-0.3, -0.25) is 14.9 Å². The van der Waals surface area contributed by atoms with Crippen molar-refractivity contribution in [2.75, 3.05) is 0 Å². The predicted octanol–water partition coefficient (Wildman–Crippen LogP) is 4.50. The number of aromatic nitrogens is 1. The number of nitrogens with one attached hydrogen (secondary N) is 1. The maximum absolute atomic E-state index is 13.2. The fraction of sp³-hybridized carbons (Fsp3) is 0.0435. The van der Waals surface area contributed by atoms with Gasteiger partial charge >= 0.3 is 0 Å². The normalized spacial score (nSPS) is 11.1. The van der Waals surface area contributed by atoms with Gasteiger partial charge in [0, 0.05) is 46.9 Å². The SMILES string of the molecule is O=C(N/N=C\c1cn(Cc2ccc(F)cc2)c2ccccc12)c1cccc([N+](=O)[O-])c1. The zero-order chi connectivity index (χ0) is 21.8. The van der Waals surface area contributed by atoms with E-state index in [2.05, 4.69) is 10.5 Å². The van der Waals surface area contributed by atoms with E-state index in [0.29, 0.717) is 6.54 Å². The average molecular weight is 416 g/mol. The number of hydrogen-bond donors (Lipinski definition) is 1. The summed E-state index contributed by atoms with van der Waals surface area (Å²) in [7, 11) is 0. The first-order chi connectivity index (χ1) is 15.0. The minimum Gasteiger partial charge on any atom is -0.342 e. The van der Waals surface area contributed by atoms with Gasteiger partial charge in [-0.25, -0.2) is 9.82 Å². The molecule has 4 aromatic rings. The predicted molar refractivity (Wildman–Crippen MR) is 116 cm³/mol. The summed E-state index contributed by atoms with van der Waals surface area (Å²) in [4.78, 5) is 22.6. The van der Waals surface area contributed by atoms with Crippen LogP contribution in [0.25, 0.3) is 10.9 Å². The van der Waals surface area contributed by atoms with Crippen LogP contribution >= 0.6 is 0 Å². The molecule has 0 aliphatic carbocycles. The van der Waals surface area contributed by atoms with Gasteiger partial charge in [0.1, 0.15) is 5.82 Å². The van der Waals surface area contributed by atoms with Crippen molar-refractivity contribution >= 4 is 28.7 Å². The highest BCUT2D eigenvalue weighted by atomic mass is 19.1. The number of carbonyl (C=O) groups is 1. The molecule has 0 aliphatic heterocycles. The smallest absolute Gasteiger partial charge is 0.271 e.